The highest BCUT2D eigenvalue weighted by Gasteiger charge is 2.35. The summed E-state index contributed by atoms with van der Waals surface area (Å²) in [6.45, 7) is 6.97. The van der Waals surface area contributed by atoms with Crippen molar-refractivity contribution in [1.29, 1.82) is 0 Å². The molecule has 15 heavy (non-hydrogen) atoms. The first-order chi connectivity index (χ1) is 7.04. The average molecular weight is 206 g/mol. The predicted molar refractivity (Wildman–Crippen MR) is 60.2 cm³/mol. The van der Waals surface area contributed by atoms with Crippen LogP contribution in [-0.4, -0.2) is 11.7 Å². The van der Waals surface area contributed by atoms with Crippen molar-refractivity contribution in [3.8, 4) is 5.75 Å². The van der Waals surface area contributed by atoms with Crippen LogP contribution in [0.4, 0.5) is 0 Å². The van der Waals surface area contributed by atoms with Crippen LogP contribution in [0.5, 0.6) is 5.75 Å². The van der Waals surface area contributed by atoms with Crippen molar-refractivity contribution in [1.82, 2.24) is 0 Å². The molecule has 0 fully saturated rings. The highest BCUT2D eigenvalue weighted by molar-refractivity contribution is 5.44. The van der Waals surface area contributed by atoms with E-state index in [1.165, 1.54) is 5.56 Å². The molecule has 0 amide bonds. The predicted octanol–water partition coefficient (Wildman–Crippen LogP) is 2.80. The van der Waals surface area contributed by atoms with Gasteiger partial charge in [0.05, 0.1) is 12.7 Å². The van der Waals surface area contributed by atoms with Crippen LogP contribution in [0, 0.1) is 0 Å². The molecule has 2 heteroatoms. The third-order valence-electron chi connectivity index (χ3n) is 3.13. The minimum Gasteiger partial charge on any atom is -0.494 e. The summed E-state index contributed by atoms with van der Waals surface area (Å²) >= 11 is 0. The van der Waals surface area contributed by atoms with Crippen LogP contribution in [-0.2, 0) is 5.41 Å². The molecule has 1 aliphatic carbocycles. The first kappa shape index (κ1) is 10.5. The summed E-state index contributed by atoms with van der Waals surface area (Å²) in [6.07, 6.45) is 0.466. The van der Waals surface area contributed by atoms with Gasteiger partial charge < -0.3 is 9.84 Å². The number of rotatable bonds is 2. The van der Waals surface area contributed by atoms with E-state index < -0.39 is 0 Å². The lowest BCUT2D eigenvalue weighted by Gasteiger charge is -2.18. The van der Waals surface area contributed by atoms with Crippen LogP contribution in [0.1, 0.15) is 44.4 Å². The molecule has 82 valence electrons. The number of hydrogen-bond donors (Lipinski definition) is 1. The van der Waals surface area contributed by atoms with Crippen molar-refractivity contribution in [2.75, 3.05) is 6.61 Å². The van der Waals surface area contributed by atoms with E-state index in [4.69, 9.17) is 4.74 Å². The van der Waals surface area contributed by atoms with E-state index in [-0.39, 0.29) is 11.5 Å². The quantitative estimate of drug-likeness (QED) is 0.806. The van der Waals surface area contributed by atoms with E-state index >= 15 is 0 Å². The number of fused-ring (bicyclic) bond motifs is 1. The first-order valence-corrected chi connectivity index (χ1v) is 5.50. The van der Waals surface area contributed by atoms with Crippen molar-refractivity contribution in [2.24, 2.45) is 0 Å². The van der Waals surface area contributed by atoms with E-state index in [0.29, 0.717) is 6.61 Å². The molecule has 2 rings (SSSR count). The Morgan fingerprint density at radius 1 is 1.47 bits per heavy atom. The summed E-state index contributed by atoms with van der Waals surface area (Å²) in [7, 11) is 0. The molecule has 1 aromatic rings. The SMILES string of the molecule is CCOc1ccc2c(c1)[C@H](O)CC2(C)C. The molecule has 0 unspecified atom stereocenters. The zero-order chi connectivity index (χ0) is 11.1. The monoisotopic (exact) mass is 206 g/mol. The Morgan fingerprint density at radius 3 is 2.87 bits per heavy atom. The Labute approximate surface area is 90.9 Å². The van der Waals surface area contributed by atoms with Gasteiger partial charge in [0, 0.05) is 0 Å². The van der Waals surface area contributed by atoms with Gasteiger partial charge in [-0.2, -0.15) is 0 Å². The van der Waals surface area contributed by atoms with Crippen molar-refractivity contribution in [3.63, 3.8) is 0 Å². The number of ether oxygens (including phenoxy) is 1. The van der Waals surface area contributed by atoms with Gasteiger partial charge in [-0.05, 0) is 42.0 Å². The van der Waals surface area contributed by atoms with Crippen molar-refractivity contribution < 1.29 is 9.84 Å². The minimum absolute atomic E-state index is 0.0828. The Morgan fingerprint density at radius 2 is 2.20 bits per heavy atom. The second kappa shape index (κ2) is 3.53. The molecule has 1 N–H and O–H groups in total. The van der Waals surface area contributed by atoms with Gasteiger partial charge in [0.15, 0.2) is 0 Å². The van der Waals surface area contributed by atoms with Crippen LogP contribution >= 0.6 is 0 Å². The second-order valence-electron chi connectivity index (χ2n) is 4.79. The summed E-state index contributed by atoms with van der Waals surface area (Å²) in [4.78, 5) is 0. The maximum Gasteiger partial charge on any atom is 0.119 e. The molecular weight excluding hydrogens is 188 g/mol. The molecule has 0 saturated heterocycles. The molecule has 0 radical (unpaired) electrons. The van der Waals surface area contributed by atoms with Crippen LogP contribution in [0.25, 0.3) is 0 Å². The summed E-state index contributed by atoms with van der Waals surface area (Å²) in [6, 6.07) is 6.04. The Balaban J connectivity index is 2.41. The van der Waals surface area contributed by atoms with Gasteiger partial charge in [-0.3, -0.25) is 0 Å². The van der Waals surface area contributed by atoms with Gasteiger partial charge in [0.25, 0.3) is 0 Å². The van der Waals surface area contributed by atoms with Crippen molar-refractivity contribution in [3.05, 3.63) is 29.3 Å². The fourth-order valence-electron chi connectivity index (χ4n) is 2.39. The molecule has 2 nitrogen and oxygen atoms in total. The van der Waals surface area contributed by atoms with Gasteiger partial charge in [0.2, 0.25) is 0 Å². The van der Waals surface area contributed by atoms with E-state index in [0.717, 1.165) is 17.7 Å². The Hall–Kier alpha value is -1.02. The minimum atomic E-state index is -0.338. The van der Waals surface area contributed by atoms with Crippen LogP contribution in [0.3, 0.4) is 0 Å². The fraction of sp³-hybridized carbons (Fsp3) is 0.538. The molecule has 1 aromatic carbocycles. The maximum atomic E-state index is 9.95. The second-order valence-corrected chi connectivity index (χ2v) is 4.79. The van der Waals surface area contributed by atoms with E-state index in [2.05, 4.69) is 19.9 Å². The molecule has 1 aliphatic rings. The van der Waals surface area contributed by atoms with Crippen LogP contribution in [0.15, 0.2) is 18.2 Å². The molecular formula is C13H18O2. The lowest BCUT2D eigenvalue weighted by molar-refractivity contribution is 0.161. The zero-order valence-corrected chi connectivity index (χ0v) is 9.58. The third kappa shape index (κ3) is 1.74. The third-order valence-corrected chi connectivity index (χ3v) is 3.13. The standard InChI is InChI=1S/C13H18O2/c1-4-15-9-5-6-11-10(7-9)12(14)8-13(11,2)3/h5-7,12,14H,4,8H2,1-3H3/t12-/m1/s1. The van der Waals surface area contributed by atoms with Gasteiger partial charge >= 0.3 is 0 Å². The smallest absolute Gasteiger partial charge is 0.119 e. The molecule has 0 bridgehead atoms. The topological polar surface area (TPSA) is 29.5 Å². The van der Waals surface area contributed by atoms with E-state index in [9.17, 15) is 5.11 Å². The summed E-state index contributed by atoms with van der Waals surface area (Å²) in [5.41, 5.74) is 2.36. The normalized spacial score (nSPS) is 22.5. The highest BCUT2D eigenvalue weighted by Crippen LogP contribution is 2.45. The van der Waals surface area contributed by atoms with Gasteiger partial charge in [0.1, 0.15) is 5.75 Å². The first-order valence-electron chi connectivity index (χ1n) is 5.50. The number of hydrogen-bond acceptors (Lipinski definition) is 2. The number of aliphatic hydroxyl groups is 1. The summed E-state index contributed by atoms with van der Waals surface area (Å²) in [5.74, 6) is 0.855. The highest BCUT2D eigenvalue weighted by atomic mass is 16.5. The van der Waals surface area contributed by atoms with Gasteiger partial charge in [-0.25, -0.2) is 0 Å². The largest absolute Gasteiger partial charge is 0.494 e. The molecule has 0 spiro atoms. The lowest BCUT2D eigenvalue weighted by Crippen LogP contribution is -2.12. The average Bonchev–Trinajstić information content (AvgIpc) is 2.38. The summed E-state index contributed by atoms with van der Waals surface area (Å²) < 4.78 is 5.44. The van der Waals surface area contributed by atoms with Crippen molar-refractivity contribution >= 4 is 0 Å². The van der Waals surface area contributed by atoms with Crippen LogP contribution in [0.2, 0.25) is 0 Å². The van der Waals surface area contributed by atoms with Crippen molar-refractivity contribution in [2.45, 2.75) is 38.7 Å². The summed E-state index contributed by atoms with van der Waals surface area (Å²) in [5, 5.41) is 9.95. The van der Waals surface area contributed by atoms with E-state index in [1.54, 1.807) is 0 Å². The van der Waals surface area contributed by atoms with Gasteiger partial charge in [-0.1, -0.05) is 19.9 Å². The molecule has 0 aliphatic heterocycles. The zero-order valence-electron chi connectivity index (χ0n) is 9.58. The lowest BCUT2D eigenvalue weighted by atomic mass is 9.86. The van der Waals surface area contributed by atoms with Gasteiger partial charge in [-0.15, -0.1) is 0 Å². The molecule has 1 atom stereocenters. The maximum absolute atomic E-state index is 9.95. The molecule has 0 saturated carbocycles. The fourth-order valence-corrected chi connectivity index (χ4v) is 2.39. The van der Waals surface area contributed by atoms with Crippen LogP contribution < -0.4 is 4.74 Å². The molecule has 0 heterocycles. The Bertz CT molecular complexity index is 369. The number of benzene rings is 1. The molecule has 0 aromatic heterocycles. The van der Waals surface area contributed by atoms with E-state index in [1.807, 2.05) is 19.1 Å². The number of aliphatic hydroxyl groups excluding tert-OH is 1. The Kier molecular flexibility index (Phi) is 2.47.